The van der Waals surface area contributed by atoms with Crippen molar-refractivity contribution in [3.05, 3.63) is 29.3 Å². The van der Waals surface area contributed by atoms with Gasteiger partial charge in [0.1, 0.15) is 5.84 Å². The van der Waals surface area contributed by atoms with Gasteiger partial charge in [-0.2, -0.15) is 0 Å². The smallest absolute Gasteiger partial charge is 0.124 e. The second kappa shape index (κ2) is 5.61. The third-order valence-corrected chi connectivity index (χ3v) is 4.07. The van der Waals surface area contributed by atoms with Crippen molar-refractivity contribution >= 4 is 11.5 Å². The monoisotopic (exact) mass is 261 g/mol. The third kappa shape index (κ3) is 2.73. The van der Waals surface area contributed by atoms with Crippen LogP contribution in [-0.4, -0.2) is 30.1 Å². The highest BCUT2D eigenvalue weighted by Crippen LogP contribution is 2.31. The minimum atomic E-state index is -0.293. The number of benzene rings is 1. The Morgan fingerprint density at radius 2 is 2.05 bits per heavy atom. The van der Waals surface area contributed by atoms with Gasteiger partial charge in [0, 0.05) is 12.6 Å². The fourth-order valence-corrected chi connectivity index (χ4v) is 3.05. The zero-order valence-electron chi connectivity index (χ0n) is 11.7. The van der Waals surface area contributed by atoms with E-state index in [9.17, 15) is 5.11 Å². The summed E-state index contributed by atoms with van der Waals surface area (Å²) in [5.74, 6) is 0.0795. The minimum Gasteiger partial charge on any atom is -0.391 e. The Kier molecular flexibility index (Phi) is 4.10. The Hall–Kier alpha value is -1.55. The van der Waals surface area contributed by atoms with Gasteiger partial charge in [0.05, 0.1) is 17.8 Å². The summed E-state index contributed by atoms with van der Waals surface area (Å²) in [6.07, 6.45) is 3.80. The number of hydrogen-bond donors (Lipinski definition) is 3. The van der Waals surface area contributed by atoms with Gasteiger partial charge in [-0.1, -0.05) is 25.0 Å². The van der Waals surface area contributed by atoms with Crippen LogP contribution < -0.4 is 10.6 Å². The van der Waals surface area contributed by atoms with Gasteiger partial charge < -0.3 is 15.7 Å². The number of nitrogens with two attached hydrogens (primary N) is 1. The zero-order chi connectivity index (χ0) is 14.0. The Morgan fingerprint density at radius 1 is 1.37 bits per heavy atom. The molecule has 0 bridgehead atoms. The van der Waals surface area contributed by atoms with Gasteiger partial charge in [0.2, 0.25) is 0 Å². The van der Waals surface area contributed by atoms with E-state index in [1.807, 2.05) is 32.2 Å². The van der Waals surface area contributed by atoms with E-state index in [2.05, 4.69) is 4.90 Å². The van der Waals surface area contributed by atoms with Gasteiger partial charge in [0.25, 0.3) is 0 Å². The Morgan fingerprint density at radius 3 is 2.68 bits per heavy atom. The summed E-state index contributed by atoms with van der Waals surface area (Å²) in [6.45, 7) is 2.02. The number of hydrogen-bond acceptors (Lipinski definition) is 3. The minimum absolute atomic E-state index is 0.0795. The first-order valence-corrected chi connectivity index (χ1v) is 6.87. The van der Waals surface area contributed by atoms with Crippen LogP contribution in [0.4, 0.5) is 5.69 Å². The molecule has 2 atom stereocenters. The third-order valence-electron chi connectivity index (χ3n) is 4.07. The molecule has 0 radical (unpaired) electrons. The molecule has 0 spiro atoms. The Labute approximate surface area is 114 Å². The van der Waals surface area contributed by atoms with Crippen LogP contribution in [0, 0.1) is 12.3 Å². The van der Waals surface area contributed by atoms with Crippen molar-refractivity contribution in [3.63, 3.8) is 0 Å². The maximum atomic E-state index is 10.2. The van der Waals surface area contributed by atoms with E-state index in [0.717, 1.165) is 42.5 Å². The maximum Gasteiger partial charge on any atom is 0.124 e. The van der Waals surface area contributed by atoms with Crippen molar-refractivity contribution in [2.24, 2.45) is 5.73 Å². The molecule has 0 amide bonds. The predicted molar refractivity (Wildman–Crippen MR) is 78.9 cm³/mol. The van der Waals surface area contributed by atoms with Crippen molar-refractivity contribution in [2.45, 2.75) is 44.8 Å². The van der Waals surface area contributed by atoms with Crippen LogP contribution in [0.3, 0.4) is 0 Å². The quantitative estimate of drug-likeness (QED) is 0.575. The van der Waals surface area contributed by atoms with Gasteiger partial charge in [-0.15, -0.1) is 0 Å². The number of para-hydroxylation sites is 1. The number of aliphatic hydroxyl groups excluding tert-OH is 1. The lowest BCUT2D eigenvalue weighted by Gasteiger charge is -2.38. The molecular weight excluding hydrogens is 238 g/mol. The Bertz CT molecular complexity index is 472. The maximum absolute atomic E-state index is 10.2. The summed E-state index contributed by atoms with van der Waals surface area (Å²) in [6, 6.07) is 5.93. The molecule has 104 valence electrons. The van der Waals surface area contributed by atoms with Crippen LogP contribution in [0.5, 0.6) is 0 Å². The topological polar surface area (TPSA) is 73.3 Å². The lowest BCUT2D eigenvalue weighted by molar-refractivity contribution is 0.106. The van der Waals surface area contributed by atoms with E-state index < -0.39 is 0 Å². The summed E-state index contributed by atoms with van der Waals surface area (Å²) in [5, 5.41) is 17.9. The van der Waals surface area contributed by atoms with E-state index in [-0.39, 0.29) is 18.0 Å². The number of nitrogen functional groups attached to an aromatic ring is 1. The molecule has 0 aromatic heterocycles. The molecule has 1 aliphatic rings. The lowest BCUT2D eigenvalue weighted by Crippen LogP contribution is -2.44. The number of amidine groups is 1. The molecule has 4 heteroatoms. The number of likely N-dealkylation sites (N-methyl/N-ethyl adjacent to an activating group) is 1. The normalized spacial score (nSPS) is 23.1. The summed E-state index contributed by atoms with van der Waals surface area (Å²) >= 11 is 0. The van der Waals surface area contributed by atoms with Crippen LogP contribution in [0.25, 0.3) is 0 Å². The van der Waals surface area contributed by atoms with Crippen LogP contribution in [-0.2, 0) is 0 Å². The molecule has 0 heterocycles. The Balaban J connectivity index is 2.37. The van der Waals surface area contributed by atoms with Crippen molar-refractivity contribution < 1.29 is 5.11 Å². The summed E-state index contributed by atoms with van der Waals surface area (Å²) in [5.41, 5.74) is 8.49. The average Bonchev–Trinajstić information content (AvgIpc) is 2.38. The lowest BCUT2D eigenvalue weighted by atomic mass is 9.90. The molecule has 1 fully saturated rings. The van der Waals surface area contributed by atoms with Gasteiger partial charge in [-0.05, 0) is 31.4 Å². The highest BCUT2D eigenvalue weighted by Gasteiger charge is 2.28. The fraction of sp³-hybridized carbons (Fsp3) is 0.533. The number of rotatable bonds is 3. The van der Waals surface area contributed by atoms with Crippen molar-refractivity contribution in [1.29, 1.82) is 5.41 Å². The van der Waals surface area contributed by atoms with E-state index in [0.29, 0.717) is 0 Å². The van der Waals surface area contributed by atoms with E-state index >= 15 is 0 Å². The SMILES string of the molecule is Cc1cccc(C(=N)N)c1N(C)C1CCCCC1O. The number of anilines is 1. The van der Waals surface area contributed by atoms with Crippen LogP contribution in [0.2, 0.25) is 0 Å². The predicted octanol–water partition coefficient (Wildman–Crippen LogP) is 2.02. The molecule has 2 rings (SSSR count). The number of aliphatic hydroxyl groups is 1. The molecular formula is C15H23N3O. The van der Waals surface area contributed by atoms with Crippen LogP contribution in [0.1, 0.15) is 36.8 Å². The fourth-order valence-electron chi connectivity index (χ4n) is 3.05. The van der Waals surface area contributed by atoms with Crippen molar-refractivity contribution in [2.75, 3.05) is 11.9 Å². The van der Waals surface area contributed by atoms with E-state index in [4.69, 9.17) is 11.1 Å². The highest BCUT2D eigenvalue weighted by atomic mass is 16.3. The van der Waals surface area contributed by atoms with E-state index in [1.165, 1.54) is 0 Å². The van der Waals surface area contributed by atoms with E-state index in [1.54, 1.807) is 0 Å². The zero-order valence-corrected chi connectivity index (χ0v) is 11.7. The second-order valence-corrected chi connectivity index (χ2v) is 5.41. The molecule has 0 aliphatic heterocycles. The summed E-state index contributed by atoms with van der Waals surface area (Å²) in [4.78, 5) is 2.11. The van der Waals surface area contributed by atoms with Gasteiger partial charge in [-0.3, -0.25) is 5.41 Å². The molecule has 19 heavy (non-hydrogen) atoms. The first kappa shape index (κ1) is 13.9. The first-order valence-electron chi connectivity index (χ1n) is 6.87. The molecule has 1 aromatic rings. The number of nitrogens with zero attached hydrogens (tertiary/aromatic N) is 1. The van der Waals surface area contributed by atoms with Gasteiger partial charge in [-0.25, -0.2) is 0 Å². The molecule has 4 N–H and O–H groups in total. The van der Waals surface area contributed by atoms with Gasteiger partial charge >= 0.3 is 0 Å². The summed E-state index contributed by atoms with van der Waals surface area (Å²) < 4.78 is 0. The van der Waals surface area contributed by atoms with Gasteiger partial charge in [0.15, 0.2) is 0 Å². The number of aryl methyl sites for hydroxylation is 1. The standard InChI is InChI=1S/C15H23N3O/c1-10-6-5-7-11(15(16)17)14(10)18(2)12-8-3-4-9-13(12)19/h5-7,12-13,19H,3-4,8-9H2,1-2H3,(H3,16,17). The molecule has 1 aromatic carbocycles. The largest absolute Gasteiger partial charge is 0.391 e. The number of nitrogens with one attached hydrogen (secondary N) is 1. The first-order chi connectivity index (χ1) is 9.02. The van der Waals surface area contributed by atoms with Crippen molar-refractivity contribution in [1.82, 2.24) is 0 Å². The molecule has 0 saturated heterocycles. The molecule has 1 aliphatic carbocycles. The summed E-state index contributed by atoms with van der Waals surface area (Å²) in [7, 11) is 1.99. The molecule has 4 nitrogen and oxygen atoms in total. The molecule has 2 unspecified atom stereocenters. The highest BCUT2D eigenvalue weighted by molar-refractivity contribution is 6.01. The van der Waals surface area contributed by atoms with Crippen LogP contribution >= 0.6 is 0 Å². The van der Waals surface area contributed by atoms with Crippen molar-refractivity contribution in [3.8, 4) is 0 Å². The van der Waals surface area contributed by atoms with Crippen LogP contribution in [0.15, 0.2) is 18.2 Å². The average molecular weight is 261 g/mol. The molecule has 1 saturated carbocycles. The second-order valence-electron chi connectivity index (χ2n) is 5.41.